The van der Waals surface area contributed by atoms with E-state index in [1.165, 1.54) is 43.5 Å². The minimum Gasteiger partial charge on any atom is -0.356 e. The summed E-state index contributed by atoms with van der Waals surface area (Å²) in [6.07, 6.45) is -3.22. The summed E-state index contributed by atoms with van der Waals surface area (Å²) in [5.74, 6) is -0.943. The van der Waals surface area contributed by atoms with Gasteiger partial charge in [-0.25, -0.2) is 4.39 Å². The molecule has 0 fully saturated rings. The highest BCUT2D eigenvalue weighted by Crippen LogP contribution is 2.31. The molecule has 1 N–H and O–H groups in total. The summed E-state index contributed by atoms with van der Waals surface area (Å²) in [6, 6.07) is 9.85. The maximum absolute atomic E-state index is 13.4. The van der Waals surface area contributed by atoms with Crippen molar-refractivity contribution in [2.24, 2.45) is 0 Å². The number of hydrogen-bond acceptors (Lipinski definition) is 1. The third-order valence-electron chi connectivity index (χ3n) is 3.18. The van der Waals surface area contributed by atoms with Gasteiger partial charge in [0.2, 0.25) is 5.91 Å². The van der Waals surface area contributed by atoms with E-state index in [4.69, 9.17) is 0 Å². The lowest BCUT2D eigenvalue weighted by Gasteiger charge is -2.11. The third-order valence-corrected chi connectivity index (χ3v) is 3.18. The fourth-order valence-electron chi connectivity index (χ4n) is 2.03. The summed E-state index contributed by atoms with van der Waals surface area (Å²) < 4.78 is 51.3. The van der Waals surface area contributed by atoms with Crippen LogP contribution in [0.3, 0.4) is 0 Å². The number of hydrogen-bond donors (Lipinski definition) is 1. The molecule has 2 aromatic carbocycles. The highest BCUT2D eigenvalue weighted by molar-refractivity contribution is 5.99. The quantitative estimate of drug-likeness (QED) is 0.671. The van der Waals surface area contributed by atoms with Gasteiger partial charge in [0.05, 0.1) is 5.56 Å². The highest BCUT2D eigenvalue weighted by atomic mass is 19.4. The largest absolute Gasteiger partial charge is 0.416 e. The van der Waals surface area contributed by atoms with E-state index in [1.54, 1.807) is 6.07 Å². The number of rotatable bonds is 3. The van der Waals surface area contributed by atoms with Crippen molar-refractivity contribution in [2.45, 2.75) is 6.18 Å². The van der Waals surface area contributed by atoms with Crippen molar-refractivity contribution in [3.63, 3.8) is 0 Å². The third kappa shape index (κ3) is 4.18. The van der Waals surface area contributed by atoms with Gasteiger partial charge < -0.3 is 5.32 Å². The molecule has 2 nitrogen and oxygen atoms in total. The van der Waals surface area contributed by atoms with E-state index in [2.05, 4.69) is 5.32 Å². The van der Waals surface area contributed by atoms with Crippen LogP contribution in [-0.2, 0) is 11.0 Å². The second-order valence-electron chi connectivity index (χ2n) is 4.76. The first-order valence-corrected chi connectivity index (χ1v) is 6.68. The maximum atomic E-state index is 13.4. The van der Waals surface area contributed by atoms with Crippen molar-refractivity contribution in [3.05, 3.63) is 77.1 Å². The molecule has 23 heavy (non-hydrogen) atoms. The molecule has 0 saturated carbocycles. The molecule has 0 atom stereocenters. The molecule has 0 radical (unpaired) electrons. The van der Waals surface area contributed by atoms with E-state index in [0.717, 1.165) is 12.1 Å². The van der Waals surface area contributed by atoms with Crippen LogP contribution in [0.1, 0.15) is 16.7 Å². The zero-order valence-corrected chi connectivity index (χ0v) is 12.1. The van der Waals surface area contributed by atoms with Crippen LogP contribution in [-0.4, -0.2) is 13.0 Å². The fraction of sp³-hybridized carbons (Fsp3) is 0.118. The summed E-state index contributed by atoms with van der Waals surface area (Å²) >= 11 is 0. The Kier molecular flexibility index (Phi) is 4.83. The number of carbonyl (C=O) groups is 1. The Labute approximate surface area is 130 Å². The van der Waals surface area contributed by atoms with Crippen LogP contribution < -0.4 is 5.32 Å². The number of nitrogens with one attached hydrogen (secondary N) is 1. The standard InChI is InChI=1S/C17H13F4NO/c1-22-16(23)10-15(12-3-2-4-14(18)9-12)11-5-7-13(8-6-11)17(19,20)21/h2-10H,1H3,(H,22,23)/b15-10-. The second-order valence-corrected chi connectivity index (χ2v) is 4.76. The molecule has 2 aromatic rings. The van der Waals surface area contributed by atoms with Crippen LogP contribution in [0.5, 0.6) is 0 Å². The van der Waals surface area contributed by atoms with Gasteiger partial charge >= 0.3 is 6.18 Å². The van der Waals surface area contributed by atoms with Gasteiger partial charge in [0.1, 0.15) is 5.82 Å². The van der Waals surface area contributed by atoms with Crippen molar-refractivity contribution in [2.75, 3.05) is 7.05 Å². The molecule has 0 bridgehead atoms. The van der Waals surface area contributed by atoms with Crippen LogP contribution in [0.25, 0.3) is 5.57 Å². The average molecular weight is 323 g/mol. The topological polar surface area (TPSA) is 29.1 Å². The van der Waals surface area contributed by atoms with Crippen molar-refractivity contribution >= 4 is 11.5 Å². The normalized spacial score (nSPS) is 12.1. The summed E-state index contributed by atoms with van der Waals surface area (Å²) in [7, 11) is 1.43. The molecular formula is C17H13F4NO. The van der Waals surface area contributed by atoms with Crippen molar-refractivity contribution < 1.29 is 22.4 Å². The molecule has 2 rings (SSSR count). The number of carbonyl (C=O) groups excluding carboxylic acids is 1. The van der Waals surface area contributed by atoms with Gasteiger partial charge in [0.25, 0.3) is 0 Å². The van der Waals surface area contributed by atoms with Gasteiger partial charge in [0, 0.05) is 13.1 Å². The molecular weight excluding hydrogens is 310 g/mol. The van der Waals surface area contributed by atoms with Crippen molar-refractivity contribution in [1.29, 1.82) is 0 Å². The zero-order chi connectivity index (χ0) is 17.0. The Morgan fingerprint density at radius 1 is 1.04 bits per heavy atom. The van der Waals surface area contributed by atoms with E-state index < -0.39 is 23.5 Å². The predicted octanol–water partition coefficient (Wildman–Crippen LogP) is 4.02. The zero-order valence-electron chi connectivity index (χ0n) is 12.1. The smallest absolute Gasteiger partial charge is 0.356 e. The molecule has 6 heteroatoms. The molecule has 0 spiro atoms. The fourth-order valence-corrected chi connectivity index (χ4v) is 2.03. The molecule has 0 unspecified atom stereocenters. The van der Waals surface area contributed by atoms with Gasteiger partial charge in [-0.1, -0.05) is 24.3 Å². The lowest BCUT2D eigenvalue weighted by atomic mass is 9.96. The van der Waals surface area contributed by atoms with Gasteiger partial charge in [-0.2, -0.15) is 13.2 Å². The van der Waals surface area contributed by atoms with Crippen LogP contribution in [0.15, 0.2) is 54.6 Å². The molecule has 0 aliphatic heterocycles. The average Bonchev–Trinajstić information content (AvgIpc) is 2.51. The maximum Gasteiger partial charge on any atom is 0.416 e. The number of alkyl halides is 3. The molecule has 1 amide bonds. The Hall–Kier alpha value is -2.63. The lowest BCUT2D eigenvalue weighted by molar-refractivity contribution is -0.137. The van der Waals surface area contributed by atoms with E-state index in [-0.39, 0.29) is 0 Å². The van der Waals surface area contributed by atoms with Crippen LogP contribution >= 0.6 is 0 Å². The van der Waals surface area contributed by atoms with E-state index in [0.29, 0.717) is 16.7 Å². The number of benzene rings is 2. The first kappa shape index (κ1) is 16.7. The summed E-state index contributed by atoms with van der Waals surface area (Å²) in [6.45, 7) is 0. The summed E-state index contributed by atoms with van der Waals surface area (Å²) in [5, 5.41) is 2.40. The Bertz CT molecular complexity index is 733. The van der Waals surface area contributed by atoms with Crippen molar-refractivity contribution in [3.8, 4) is 0 Å². The first-order chi connectivity index (χ1) is 10.8. The Balaban J connectivity index is 2.50. The van der Waals surface area contributed by atoms with E-state index in [9.17, 15) is 22.4 Å². The molecule has 0 aromatic heterocycles. The van der Waals surface area contributed by atoms with E-state index in [1.807, 2.05) is 0 Å². The van der Waals surface area contributed by atoms with Gasteiger partial charge in [-0.3, -0.25) is 4.79 Å². The molecule has 120 valence electrons. The van der Waals surface area contributed by atoms with Crippen LogP contribution in [0.2, 0.25) is 0 Å². The van der Waals surface area contributed by atoms with Crippen LogP contribution in [0.4, 0.5) is 17.6 Å². The Morgan fingerprint density at radius 2 is 1.70 bits per heavy atom. The summed E-state index contributed by atoms with van der Waals surface area (Å²) in [5.41, 5.74) is 0.318. The lowest BCUT2D eigenvalue weighted by Crippen LogP contribution is -2.15. The van der Waals surface area contributed by atoms with Gasteiger partial charge in [-0.05, 0) is 41.0 Å². The van der Waals surface area contributed by atoms with Crippen molar-refractivity contribution in [1.82, 2.24) is 5.32 Å². The first-order valence-electron chi connectivity index (χ1n) is 6.68. The second kappa shape index (κ2) is 6.64. The van der Waals surface area contributed by atoms with Gasteiger partial charge in [0.15, 0.2) is 0 Å². The minimum atomic E-state index is -4.44. The van der Waals surface area contributed by atoms with Crippen LogP contribution in [0, 0.1) is 5.82 Å². The van der Waals surface area contributed by atoms with E-state index >= 15 is 0 Å². The number of likely N-dealkylation sites (N-methyl/N-ethyl adjacent to an activating group) is 1. The number of halogens is 4. The molecule has 0 heterocycles. The molecule has 0 saturated heterocycles. The number of amides is 1. The SMILES string of the molecule is CNC(=O)/C=C(/c1ccc(C(F)(F)F)cc1)c1cccc(F)c1. The van der Waals surface area contributed by atoms with Gasteiger partial charge in [-0.15, -0.1) is 0 Å². The highest BCUT2D eigenvalue weighted by Gasteiger charge is 2.30. The monoisotopic (exact) mass is 323 g/mol. The minimum absolute atomic E-state index is 0.331. The predicted molar refractivity (Wildman–Crippen MR) is 79.0 cm³/mol. The molecule has 0 aliphatic rings. The Morgan fingerprint density at radius 3 is 2.22 bits per heavy atom. The summed E-state index contributed by atoms with van der Waals surface area (Å²) in [4.78, 5) is 11.6. The molecule has 0 aliphatic carbocycles.